The Morgan fingerprint density at radius 3 is 2.78 bits per heavy atom. The van der Waals surface area contributed by atoms with E-state index in [0.29, 0.717) is 6.04 Å². The van der Waals surface area contributed by atoms with Crippen molar-refractivity contribution in [2.24, 2.45) is 0 Å². The first-order chi connectivity index (χ1) is 13.1. The van der Waals surface area contributed by atoms with Gasteiger partial charge in [0.15, 0.2) is 5.69 Å². The molecule has 0 saturated carbocycles. The minimum Gasteiger partial charge on any atom is -0.335 e. The summed E-state index contributed by atoms with van der Waals surface area (Å²) in [5.41, 5.74) is 3.23. The van der Waals surface area contributed by atoms with Crippen molar-refractivity contribution in [2.75, 3.05) is 51.8 Å². The van der Waals surface area contributed by atoms with Gasteiger partial charge in [-0.2, -0.15) is 16.9 Å². The number of hydrogen-bond acceptors (Lipinski definition) is 5. The molecule has 0 spiro atoms. The Morgan fingerprint density at radius 2 is 2.07 bits per heavy atom. The number of aryl methyl sites for hydroxylation is 1. The van der Waals surface area contributed by atoms with Gasteiger partial charge in [0.25, 0.3) is 5.91 Å². The number of nitrogens with one attached hydrogen (secondary N) is 1. The summed E-state index contributed by atoms with van der Waals surface area (Å²) in [6, 6.07) is 0.470. The number of fused-ring (bicyclic) bond motifs is 1. The lowest BCUT2D eigenvalue weighted by molar-refractivity contribution is 0.0656. The zero-order valence-electron chi connectivity index (χ0n) is 17.2. The van der Waals surface area contributed by atoms with Gasteiger partial charge in [0.05, 0.1) is 0 Å². The highest BCUT2D eigenvalue weighted by molar-refractivity contribution is 7.98. The van der Waals surface area contributed by atoms with Crippen molar-refractivity contribution in [3.63, 3.8) is 0 Å². The van der Waals surface area contributed by atoms with Crippen LogP contribution in [0.15, 0.2) is 0 Å². The van der Waals surface area contributed by atoms with E-state index in [1.807, 2.05) is 16.7 Å². The van der Waals surface area contributed by atoms with Gasteiger partial charge in [0.1, 0.15) is 0 Å². The average molecular weight is 394 g/mol. The zero-order chi connectivity index (χ0) is 19.2. The van der Waals surface area contributed by atoms with Gasteiger partial charge < -0.3 is 15.1 Å². The number of aromatic nitrogens is 2. The van der Waals surface area contributed by atoms with Crippen molar-refractivity contribution in [2.45, 2.75) is 51.6 Å². The van der Waals surface area contributed by atoms with E-state index in [4.69, 9.17) is 5.10 Å². The molecule has 1 amide bonds. The second-order valence-electron chi connectivity index (χ2n) is 7.83. The summed E-state index contributed by atoms with van der Waals surface area (Å²) in [7, 11) is 2.12. The third kappa shape index (κ3) is 5.06. The maximum atomic E-state index is 13.2. The Kier molecular flexibility index (Phi) is 7.61. The summed E-state index contributed by atoms with van der Waals surface area (Å²) in [6.07, 6.45) is 7.51. The van der Waals surface area contributed by atoms with E-state index in [9.17, 15) is 4.79 Å². The Balaban J connectivity index is 1.73. The minimum atomic E-state index is 0.136. The molecule has 1 aliphatic heterocycles. The number of piperazine rings is 1. The SMILES string of the molecule is CCCn1nc(C(=O)N2CCN(C)CC2)c2c1CC[C@H](NCCCSC)C2. The van der Waals surface area contributed by atoms with Crippen LogP contribution in [0, 0.1) is 0 Å². The Hall–Kier alpha value is -1.05. The van der Waals surface area contributed by atoms with Crippen molar-refractivity contribution in [1.29, 1.82) is 0 Å². The van der Waals surface area contributed by atoms with E-state index < -0.39 is 0 Å². The first-order valence-electron chi connectivity index (χ1n) is 10.4. The Morgan fingerprint density at radius 1 is 1.30 bits per heavy atom. The van der Waals surface area contributed by atoms with Crippen LogP contribution in [0.25, 0.3) is 0 Å². The summed E-state index contributed by atoms with van der Waals surface area (Å²) in [5, 5.41) is 8.51. The molecule has 3 rings (SSSR count). The maximum absolute atomic E-state index is 13.2. The van der Waals surface area contributed by atoms with Crippen LogP contribution >= 0.6 is 11.8 Å². The van der Waals surface area contributed by atoms with Crippen molar-refractivity contribution < 1.29 is 4.79 Å². The van der Waals surface area contributed by atoms with Crippen LogP contribution in [-0.4, -0.2) is 83.3 Å². The van der Waals surface area contributed by atoms with Crippen molar-refractivity contribution >= 4 is 17.7 Å². The van der Waals surface area contributed by atoms with Gasteiger partial charge in [-0.1, -0.05) is 6.92 Å². The van der Waals surface area contributed by atoms with E-state index in [2.05, 4.69) is 35.1 Å². The monoisotopic (exact) mass is 393 g/mol. The number of amides is 1. The van der Waals surface area contributed by atoms with E-state index in [1.54, 1.807) is 0 Å². The predicted octanol–water partition coefficient (Wildman–Crippen LogP) is 1.88. The fourth-order valence-corrected chi connectivity index (χ4v) is 4.55. The highest BCUT2D eigenvalue weighted by Crippen LogP contribution is 2.26. The molecule has 1 N–H and O–H groups in total. The minimum absolute atomic E-state index is 0.136. The van der Waals surface area contributed by atoms with Crippen molar-refractivity contribution in [1.82, 2.24) is 24.9 Å². The fraction of sp³-hybridized carbons (Fsp3) is 0.800. The molecule has 0 radical (unpaired) electrons. The van der Waals surface area contributed by atoms with Gasteiger partial charge in [0, 0.05) is 50.0 Å². The second kappa shape index (κ2) is 9.94. The smallest absolute Gasteiger partial charge is 0.274 e. The van der Waals surface area contributed by atoms with Gasteiger partial charge >= 0.3 is 0 Å². The lowest BCUT2D eigenvalue weighted by atomic mass is 9.91. The standard InChI is InChI=1S/C20H35N5OS/c1-4-9-25-18-7-6-16(21-8-5-14-27-3)15-17(18)19(22-25)20(26)24-12-10-23(2)11-13-24/h16,21H,4-15H2,1-3H3/t16-/m0/s1. The molecule has 7 heteroatoms. The van der Waals surface area contributed by atoms with Gasteiger partial charge in [-0.15, -0.1) is 0 Å². The van der Waals surface area contributed by atoms with Gasteiger partial charge in [0.2, 0.25) is 0 Å². The topological polar surface area (TPSA) is 53.4 Å². The normalized spacial score (nSPS) is 20.7. The van der Waals surface area contributed by atoms with Crippen LogP contribution in [0.3, 0.4) is 0 Å². The summed E-state index contributed by atoms with van der Waals surface area (Å²) in [4.78, 5) is 17.5. The number of carbonyl (C=O) groups is 1. The summed E-state index contributed by atoms with van der Waals surface area (Å²) in [6.45, 7) is 7.65. The molecular weight excluding hydrogens is 358 g/mol. The largest absolute Gasteiger partial charge is 0.335 e. The number of nitrogens with zero attached hydrogens (tertiary/aromatic N) is 4. The molecule has 1 saturated heterocycles. The third-order valence-corrected chi connectivity index (χ3v) is 6.43. The first kappa shape index (κ1) is 20.7. The van der Waals surface area contributed by atoms with E-state index in [-0.39, 0.29) is 5.91 Å². The number of likely N-dealkylation sites (N-methyl/N-ethyl adjacent to an activating group) is 1. The molecule has 0 bridgehead atoms. The molecule has 0 aromatic carbocycles. The Bertz CT molecular complexity index is 624. The highest BCUT2D eigenvalue weighted by Gasteiger charge is 2.31. The summed E-state index contributed by atoms with van der Waals surface area (Å²) in [5.74, 6) is 1.34. The molecule has 1 aliphatic carbocycles. The second-order valence-corrected chi connectivity index (χ2v) is 8.82. The average Bonchev–Trinajstić information content (AvgIpc) is 3.03. The molecule has 2 aliphatic rings. The van der Waals surface area contributed by atoms with Crippen LogP contribution < -0.4 is 5.32 Å². The number of rotatable bonds is 8. The van der Waals surface area contributed by atoms with Crippen LogP contribution in [0.4, 0.5) is 0 Å². The molecule has 1 atom stereocenters. The van der Waals surface area contributed by atoms with Crippen LogP contribution in [-0.2, 0) is 19.4 Å². The Labute approximate surface area is 168 Å². The van der Waals surface area contributed by atoms with Crippen LogP contribution in [0.5, 0.6) is 0 Å². The van der Waals surface area contributed by atoms with Crippen molar-refractivity contribution in [3.8, 4) is 0 Å². The summed E-state index contributed by atoms with van der Waals surface area (Å²) < 4.78 is 2.11. The molecule has 2 heterocycles. The quantitative estimate of drug-likeness (QED) is 0.684. The zero-order valence-corrected chi connectivity index (χ0v) is 18.0. The third-order valence-electron chi connectivity index (χ3n) is 5.73. The predicted molar refractivity (Wildman–Crippen MR) is 113 cm³/mol. The van der Waals surface area contributed by atoms with E-state index >= 15 is 0 Å². The van der Waals surface area contributed by atoms with Crippen LogP contribution in [0.1, 0.15) is 47.9 Å². The maximum Gasteiger partial charge on any atom is 0.274 e. The van der Waals surface area contributed by atoms with Gasteiger partial charge in [-0.25, -0.2) is 0 Å². The van der Waals surface area contributed by atoms with E-state index in [0.717, 1.165) is 70.6 Å². The molecule has 1 fully saturated rings. The number of thioether (sulfide) groups is 1. The number of hydrogen-bond donors (Lipinski definition) is 1. The lowest BCUT2D eigenvalue weighted by Gasteiger charge is -2.32. The van der Waals surface area contributed by atoms with E-state index in [1.165, 1.54) is 23.4 Å². The summed E-state index contributed by atoms with van der Waals surface area (Å²) >= 11 is 1.90. The van der Waals surface area contributed by atoms with Crippen molar-refractivity contribution in [3.05, 3.63) is 17.0 Å². The molecule has 6 nitrogen and oxygen atoms in total. The molecule has 152 valence electrons. The molecule has 27 heavy (non-hydrogen) atoms. The molecular formula is C20H35N5OS. The lowest BCUT2D eigenvalue weighted by Crippen LogP contribution is -2.47. The highest BCUT2D eigenvalue weighted by atomic mass is 32.2. The van der Waals surface area contributed by atoms with Crippen LogP contribution in [0.2, 0.25) is 0 Å². The van der Waals surface area contributed by atoms with Gasteiger partial charge in [-0.3, -0.25) is 9.48 Å². The van der Waals surface area contributed by atoms with Gasteiger partial charge in [-0.05, 0) is 57.7 Å². The molecule has 1 aromatic rings. The fourth-order valence-electron chi connectivity index (χ4n) is 4.11. The molecule has 1 aromatic heterocycles. The molecule has 0 unspecified atom stereocenters. The number of carbonyl (C=O) groups excluding carboxylic acids is 1. The first-order valence-corrected chi connectivity index (χ1v) is 11.8.